The number of ether oxygens (including phenoxy) is 1. The molecule has 0 bridgehead atoms. The molecule has 4 heteroatoms. The lowest BCUT2D eigenvalue weighted by molar-refractivity contribution is 0.198. The molecule has 84 valence electrons. The Labute approximate surface area is 91.1 Å². The number of hydrogen-bond acceptors (Lipinski definition) is 4. The summed E-state index contributed by atoms with van der Waals surface area (Å²) in [4.78, 5) is 4.15. The van der Waals surface area contributed by atoms with Crippen LogP contribution in [0.15, 0.2) is 18.5 Å². The van der Waals surface area contributed by atoms with Crippen LogP contribution in [-0.4, -0.2) is 31.8 Å². The number of hydrogen-bond donors (Lipinski definition) is 2. The summed E-state index contributed by atoms with van der Waals surface area (Å²) in [5.41, 5.74) is 2.10. The van der Waals surface area contributed by atoms with Crippen molar-refractivity contribution in [2.75, 3.05) is 37.4 Å². The summed E-state index contributed by atoms with van der Waals surface area (Å²) in [6.45, 7) is 4.67. The first-order chi connectivity index (χ1) is 7.36. The molecule has 1 heterocycles. The standard InChI is InChI=1S/C11H19N3O/c1-3-13-10-7-11(9-12-8-10)14-5-4-6-15-2/h7-9,13-14H,3-6H2,1-2H3. The lowest BCUT2D eigenvalue weighted by Gasteiger charge is -2.08. The van der Waals surface area contributed by atoms with Gasteiger partial charge in [-0.25, -0.2) is 0 Å². The van der Waals surface area contributed by atoms with Crippen LogP contribution in [0.5, 0.6) is 0 Å². The molecule has 0 unspecified atom stereocenters. The molecule has 0 saturated heterocycles. The molecule has 0 radical (unpaired) electrons. The zero-order valence-corrected chi connectivity index (χ0v) is 9.42. The molecule has 0 fully saturated rings. The molecule has 2 N–H and O–H groups in total. The van der Waals surface area contributed by atoms with Crippen LogP contribution >= 0.6 is 0 Å². The van der Waals surface area contributed by atoms with E-state index in [1.54, 1.807) is 7.11 Å². The summed E-state index contributed by atoms with van der Waals surface area (Å²) in [5.74, 6) is 0. The van der Waals surface area contributed by atoms with Gasteiger partial charge < -0.3 is 15.4 Å². The minimum atomic E-state index is 0.785. The molecule has 1 aromatic rings. The fourth-order valence-corrected chi connectivity index (χ4v) is 1.29. The highest BCUT2D eigenvalue weighted by Crippen LogP contribution is 2.12. The number of nitrogens with zero attached hydrogens (tertiary/aromatic N) is 1. The highest BCUT2D eigenvalue weighted by molar-refractivity contribution is 5.53. The van der Waals surface area contributed by atoms with Crippen LogP contribution in [0, 0.1) is 0 Å². The molecule has 0 aliphatic rings. The molecule has 0 aliphatic heterocycles. The van der Waals surface area contributed by atoms with Gasteiger partial charge in [0, 0.05) is 26.8 Å². The fraction of sp³-hybridized carbons (Fsp3) is 0.545. The Morgan fingerprint density at radius 3 is 2.67 bits per heavy atom. The first-order valence-corrected chi connectivity index (χ1v) is 5.28. The van der Waals surface area contributed by atoms with Crippen LogP contribution < -0.4 is 10.6 Å². The number of methoxy groups -OCH3 is 1. The predicted molar refractivity (Wildman–Crippen MR) is 63.4 cm³/mol. The Kier molecular flexibility index (Phi) is 5.55. The van der Waals surface area contributed by atoms with Gasteiger partial charge >= 0.3 is 0 Å². The zero-order chi connectivity index (χ0) is 10.9. The molecule has 0 saturated carbocycles. The smallest absolute Gasteiger partial charge is 0.0547 e. The molecule has 1 aromatic heterocycles. The summed E-state index contributed by atoms with van der Waals surface area (Å²) in [6, 6.07) is 2.06. The third-order valence-electron chi connectivity index (χ3n) is 1.97. The van der Waals surface area contributed by atoms with E-state index in [0.29, 0.717) is 0 Å². The van der Waals surface area contributed by atoms with Gasteiger partial charge in [0.1, 0.15) is 0 Å². The molecule has 0 amide bonds. The lowest BCUT2D eigenvalue weighted by Crippen LogP contribution is -2.05. The molecule has 15 heavy (non-hydrogen) atoms. The summed E-state index contributed by atoms with van der Waals surface area (Å²) in [5, 5.41) is 6.52. The number of anilines is 2. The molecule has 0 atom stereocenters. The van der Waals surface area contributed by atoms with E-state index in [9.17, 15) is 0 Å². The second-order valence-electron chi connectivity index (χ2n) is 3.27. The molecule has 0 aliphatic carbocycles. The van der Waals surface area contributed by atoms with Crippen molar-refractivity contribution >= 4 is 11.4 Å². The van der Waals surface area contributed by atoms with Gasteiger partial charge in [0.25, 0.3) is 0 Å². The van der Waals surface area contributed by atoms with Crippen molar-refractivity contribution in [1.82, 2.24) is 4.98 Å². The maximum atomic E-state index is 4.97. The largest absolute Gasteiger partial charge is 0.385 e. The van der Waals surface area contributed by atoms with Crippen LogP contribution in [0.25, 0.3) is 0 Å². The van der Waals surface area contributed by atoms with Crippen molar-refractivity contribution in [2.45, 2.75) is 13.3 Å². The van der Waals surface area contributed by atoms with Gasteiger partial charge in [-0.1, -0.05) is 0 Å². The van der Waals surface area contributed by atoms with Crippen LogP contribution in [-0.2, 0) is 4.74 Å². The normalized spacial score (nSPS) is 10.0. The summed E-state index contributed by atoms with van der Waals surface area (Å²) < 4.78 is 4.97. The van der Waals surface area contributed by atoms with Gasteiger partial charge in [-0.05, 0) is 19.4 Å². The lowest BCUT2D eigenvalue weighted by atomic mass is 10.3. The first-order valence-electron chi connectivity index (χ1n) is 5.28. The third-order valence-corrected chi connectivity index (χ3v) is 1.97. The minimum Gasteiger partial charge on any atom is -0.385 e. The molecule has 0 aromatic carbocycles. The summed E-state index contributed by atoms with van der Waals surface area (Å²) in [6.07, 6.45) is 4.65. The van der Waals surface area contributed by atoms with Crippen molar-refractivity contribution in [3.63, 3.8) is 0 Å². The maximum absolute atomic E-state index is 4.97. The second-order valence-corrected chi connectivity index (χ2v) is 3.27. The highest BCUT2D eigenvalue weighted by Gasteiger charge is 1.94. The Morgan fingerprint density at radius 2 is 2.00 bits per heavy atom. The molecular formula is C11H19N3O. The predicted octanol–water partition coefficient (Wildman–Crippen LogP) is 1.96. The average molecular weight is 209 g/mol. The number of aromatic nitrogens is 1. The number of rotatable bonds is 7. The quantitative estimate of drug-likeness (QED) is 0.674. The van der Waals surface area contributed by atoms with Crippen molar-refractivity contribution in [2.24, 2.45) is 0 Å². The highest BCUT2D eigenvalue weighted by atomic mass is 16.5. The van der Waals surface area contributed by atoms with Crippen molar-refractivity contribution < 1.29 is 4.74 Å². The topological polar surface area (TPSA) is 46.2 Å². The Bertz CT molecular complexity index is 278. The molecule has 1 rings (SSSR count). The van der Waals surface area contributed by atoms with Gasteiger partial charge in [0.15, 0.2) is 0 Å². The van der Waals surface area contributed by atoms with Crippen LogP contribution in [0.1, 0.15) is 13.3 Å². The van der Waals surface area contributed by atoms with Crippen molar-refractivity contribution in [1.29, 1.82) is 0 Å². The Hall–Kier alpha value is -1.29. The second kappa shape index (κ2) is 7.06. The fourth-order valence-electron chi connectivity index (χ4n) is 1.29. The first kappa shape index (κ1) is 11.8. The van der Waals surface area contributed by atoms with Crippen LogP contribution in [0.4, 0.5) is 11.4 Å². The maximum Gasteiger partial charge on any atom is 0.0547 e. The van der Waals surface area contributed by atoms with Crippen molar-refractivity contribution in [3.8, 4) is 0 Å². The SMILES string of the molecule is CCNc1cncc(NCCCOC)c1. The number of nitrogens with one attached hydrogen (secondary N) is 2. The van der Waals surface area contributed by atoms with E-state index in [1.807, 2.05) is 12.4 Å². The van der Waals surface area contributed by atoms with Crippen LogP contribution in [0.2, 0.25) is 0 Å². The van der Waals surface area contributed by atoms with Crippen molar-refractivity contribution in [3.05, 3.63) is 18.5 Å². The van der Waals surface area contributed by atoms with Gasteiger partial charge in [-0.3, -0.25) is 4.98 Å². The monoisotopic (exact) mass is 209 g/mol. The Balaban J connectivity index is 2.36. The van der Waals surface area contributed by atoms with Gasteiger partial charge in [0.2, 0.25) is 0 Å². The summed E-state index contributed by atoms with van der Waals surface area (Å²) in [7, 11) is 1.72. The Morgan fingerprint density at radius 1 is 1.27 bits per heavy atom. The van der Waals surface area contributed by atoms with E-state index in [0.717, 1.165) is 37.5 Å². The molecule has 0 spiro atoms. The van der Waals surface area contributed by atoms with Crippen LogP contribution in [0.3, 0.4) is 0 Å². The minimum absolute atomic E-state index is 0.785. The van der Waals surface area contributed by atoms with E-state index in [-0.39, 0.29) is 0 Å². The van der Waals surface area contributed by atoms with E-state index >= 15 is 0 Å². The van der Waals surface area contributed by atoms with E-state index < -0.39 is 0 Å². The summed E-state index contributed by atoms with van der Waals surface area (Å²) >= 11 is 0. The van der Waals surface area contributed by atoms with E-state index in [1.165, 1.54) is 0 Å². The van der Waals surface area contributed by atoms with Gasteiger partial charge in [0.05, 0.1) is 23.8 Å². The van der Waals surface area contributed by atoms with Gasteiger partial charge in [-0.15, -0.1) is 0 Å². The number of pyridine rings is 1. The van der Waals surface area contributed by atoms with Gasteiger partial charge in [-0.2, -0.15) is 0 Å². The third kappa shape index (κ3) is 4.65. The van der Waals surface area contributed by atoms with E-state index in [4.69, 9.17) is 4.74 Å². The molecule has 4 nitrogen and oxygen atoms in total. The zero-order valence-electron chi connectivity index (χ0n) is 9.42. The molecular weight excluding hydrogens is 190 g/mol. The average Bonchev–Trinajstić information content (AvgIpc) is 2.26. The van der Waals surface area contributed by atoms with E-state index in [2.05, 4.69) is 28.6 Å².